The van der Waals surface area contributed by atoms with Gasteiger partial charge >= 0.3 is 5.97 Å². The van der Waals surface area contributed by atoms with Crippen molar-refractivity contribution in [2.75, 3.05) is 0 Å². The molecule has 1 N–H and O–H groups in total. The topological polar surface area (TPSA) is 50.4 Å². The lowest BCUT2D eigenvalue weighted by Gasteiger charge is -2.02. The smallest absolute Gasteiger partial charge is 0.307 e. The molecule has 1 aromatic heterocycles. The third kappa shape index (κ3) is 1.64. The molecule has 1 heterocycles. The van der Waals surface area contributed by atoms with Crippen molar-refractivity contribution in [1.82, 2.24) is 0 Å². The number of benzene rings is 2. The average Bonchev–Trinajstić information content (AvgIpc) is 2.72. The Morgan fingerprint density at radius 1 is 1.22 bits per heavy atom. The van der Waals surface area contributed by atoms with Crippen LogP contribution < -0.4 is 0 Å². The van der Waals surface area contributed by atoms with Crippen LogP contribution >= 0.6 is 11.6 Å². The number of furan rings is 1. The second kappa shape index (κ2) is 4.03. The number of hydrogen-bond acceptors (Lipinski definition) is 2. The van der Waals surface area contributed by atoms with Gasteiger partial charge in [0.2, 0.25) is 0 Å². The number of fused-ring (bicyclic) bond motifs is 3. The van der Waals surface area contributed by atoms with E-state index in [0.717, 1.165) is 16.2 Å². The molecule has 0 unspecified atom stereocenters. The van der Waals surface area contributed by atoms with E-state index in [2.05, 4.69) is 0 Å². The van der Waals surface area contributed by atoms with Crippen LogP contribution in [0.3, 0.4) is 0 Å². The molecule has 0 radical (unpaired) electrons. The third-order valence-corrected chi connectivity index (χ3v) is 3.26. The van der Waals surface area contributed by atoms with Gasteiger partial charge in [-0.1, -0.05) is 35.9 Å². The molecule has 0 atom stereocenters. The molecule has 0 saturated carbocycles. The van der Waals surface area contributed by atoms with Gasteiger partial charge in [0.05, 0.1) is 12.7 Å². The fraction of sp³-hybridized carbons (Fsp3) is 0.0714. The SMILES string of the molecule is O=C(O)Cc1coc2c1cc(Cl)c1ccccc12. The molecule has 90 valence electrons. The Balaban J connectivity index is 2.37. The van der Waals surface area contributed by atoms with E-state index >= 15 is 0 Å². The van der Waals surface area contributed by atoms with E-state index in [1.165, 1.54) is 6.26 Å². The van der Waals surface area contributed by atoms with Gasteiger partial charge in [-0.3, -0.25) is 4.79 Å². The van der Waals surface area contributed by atoms with E-state index < -0.39 is 5.97 Å². The summed E-state index contributed by atoms with van der Waals surface area (Å²) in [4.78, 5) is 10.8. The minimum Gasteiger partial charge on any atom is -0.481 e. The van der Waals surface area contributed by atoms with Crippen LogP contribution in [0.5, 0.6) is 0 Å². The first-order chi connectivity index (χ1) is 8.66. The molecular weight excluding hydrogens is 252 g/mol. The van der Waals surface area contributed by atoms with Crippen molar-refractivity contribution in [3.8, 4) is 0 Å². The Bertz CT molecular complexity index is 758. The Morgan fingerprint density at radius 2 is 1.94 bits per heavy atom. The maximum Gasteiger partial charge on any atom is 0.307 e. The van der Waals surface area contributed by atoms with Gasteiger partial charge in [0.15, 0.2) is 0 Å². The van der Waals surface area contributed by atoms with Gasteiger partial charge in [0.25, 0.3) is 0 Å². The summed E-state index contributed by atoms with van der Waals surface area (Å²) in [6, 6.07) is 9.40. The van der Waals surface area contributed by atoms with E-state index in [1.807, 2.05) is 24.3 Å². The number of carboxylic acid groups (broad SMARTS) is 1. The highest BCUT2D eigenvalue weighted by atomic mass is 35.5. The van der Waals surface area contributed by atoms with Gasteiger partial charge < -0.3 is 9.52 Å². The number of carboxylic acids is 1. The van der Waals surface area contributed by atoms with E-state index in [9.17, 15) is 4.79 Å². The van der Waals surface area contributed by atoms with Gasteiger partial charge in [0.1, 0.15) is 5.58 Å². The van der Waals surface area contributed by atoms with Crippen LogP contribution in [-0.2, 0) is 11.2 Å². The minimum atomic E-state index is -0.887. The maximum absolute atomic E-state index is 10.8. The second-order valence-corrected chi connectivity index (χ2v) is 4.52. The zero-order valence-electron chi connectivity index (χ0n) is 9.31. The van der Waals surface area contributed by atoms with Crippen LogP contribution in [0.2, 0.25) is 5.02 Å². The lowest BCUT2D eigenvalue weighted by Crippen LogP contribution is -1.98. The molecular formula is C14H9ClO3. The van der Waals surface area contributed by atoms with Crippen LogP contribution in [0, 0.1) is 0 Å². The summed E-state index contributed by atoms with van der Waals surface area (Å²) in [5.41, 5.74) is 1.33. The number of carbonyl (C=O) groups is 1. The Labute approximate surface area is 108 Å². The van der Waals surface area contributed by atoms with E-state index in [1.54, 1.807) is 6.07 Å². The zero-order valence-corrected chi connectivity index (χ0v) is 10.1. The summed E-state index contributed by atoms with van der Waals surface area (Å²) >= 11 is 6.21. The summed E-state index contributed by atoms with van der Waals surface area (Å²) < 4.78 is 5.50. The third-order valence-electron chi connectivity index (χ3n) is 2.95. The summed E-state index contributed by atoms with van der Waals surface area (Å²) in [5, 5.41) is 12.0. The van der Waals surface area contributed by atoms with Gasteiger partial charge in [-0.15, -0.1) is 0 Å². The van der Waals surface area contributed by atoms with E-state index in [4.69, 9.17) is 21.1 Å². The van der Waals surface area contributed by atoms with Gasteiger partial charge in [-0.2, -0.15) is 0 Å². The summed E-state index contributed by atoms with van der Waals surface area (Å²) in [5.74, 6) is -0.887. The molecule has 3 nitrogen and oxygen atoms in total. The maximum atomic E-state index is 10.8. The van der Waals surface area contributed by atoms with Crippen LogP contribution in [0.15, 0.2) is 41.0 Å². The Morgan fingerprint density at radius 3 is 2.67 bits per heavy atom. The molecule has 0 fully saturated rings. The van der Waals surface area contributed by atoms with Gasteiger partial charge in [0, 0.05) is 26.7 Å². The molecule has 0 spiro atoms. The van der Waals surface area contributed by atoms with Crippen molar-refractivity contribution >= 4 is 39.3 Å². The normalized spacial score (nSPS) is 11.2. The summed E-state index contributed by atoms with van der Waals surface area (Å²) in [6.45, 7) is 0. The fourth-order valence-electron chi connectivity index (χ4n) is 2.16. The van der Waals surface area contributed by atoms with Gasteiger partial charge in [-0.05, 0) is 6.07 Å². The number of aliphatic carboxylic acids is 1. The highest BCUT2D eigenvalue weighted by Crippen LogP contribution is 2.34. The highest BCUT2D eigenvalue weighted by molar-refractivity contribution is 6.37. The first kappa shape index (κ1) is 11.1. The average molecular weight is 261 g/mol. The molecule has 4 heteroatoms. The predicted octanol–water partition coefficient (Wildman–Crippen LogP) is 3.87. The molecule has 2 aromatic carbocycles. The first-order valence-corrected chi connectivity index (χ1v) is 5.83. The Kier molecular flexibility index (Phi) is 2.49. The molecule has 0 aliphatic heterocycles. The quantitative estimate of drug-likeness (QED) is 0.761. The monoisotopic (exact) mass is 260 g/mol. The van der Waals surface area contributed by atoms with E-state index in [0.29, 0.717) is 16.2 Å². The Hall–Kier alpha value is -2.00. The molecule has 3 aromatic rings. The lowest BCUT2D eigenvalue weighted by atomic mass is 10.0. The van der Waals surface area contributed by atoms with Crippen LogP contribution in [-0.4, -0.2) is 11.1 Å². The molecule has 0 saturated heterocycles. The fourth-order valence-corrected chi connectivity index (χ4v) is 2.44. The zero-order chi connectivity index (χ0) is 12.7. The summed E-state index contributed by atoms with van der Waals surface area (Å²) in [6.07, 6.45) is 1.42. The molecule has 0 aliphatic rings. The molecule has 18 heavy (non-hydrogen) atoms. The van der Waals surface area contributed by atoms with Crippen molar-refractivity contribution in [3.63, 3.8) is 0 Å². The molecule has 0 amide bonds. The van der Waals surface area contributed by atoms with Crippen molar-refractivity contribution < 1.29 is 14.3 Å². The van der Waals surface area contributed by atoms with Crippen molar-refractivity contribution in [3.05, 3.63) is 47.2 Å². The molecule has 3 rings (SSSR count). The van der Waals surface area contributed by atoms with Crippen LogP contribution in [0.1, 0.15) is 5.56 Å². The molecule has 0 bridgehead atoms. The second-order valence-electron chi connectivity index (χ2n) is 4.11. The number of halogens is 1. The van der Waals surface area contributed by atoms with Gasteiger partial charge in [-0.25, -0.2) is 0 Å². The minimum absolute atomic E-state index is 0.0678. The van der Waals surface area contributed by atoms with E-state index in [-0.39, 0.29) is 6.42 Å². The van der Waals surface area contributed by atoms with Crippen LogP contribution in [0.4, 0.5) is 0 Å². The largest absolute Gasteiger partial charge is 0.481 e. The summed E-state index contributed by atoms with van der Waals surface area (Å²) in [7, 11) is 0. The standard InChI is InChI=1S/C14H9ClO3/c15-12-6-11-8(5-13(16)17)7-18-14(11)10-4-2-1-3-9(10)12/h1-4,6-7H,5H2,(H,16,17). The van der Waals surface area contributed by atoms with Crippen LogP contribution in [0.25, 0.3) is 21.7 Å². The van der Waals surface area contributed by atoms with Crippen molar-refractivity contribution in [1.29, 1.82) is 0 Å². The van der Waals surface area contributed by atoms with Crippen molar-refractivity contribution in [2.45, 2.75) is 6.42 Å². The highest BCUT2D eigenvalue weighted by Gasteiger charge is 2.13. The first-order valence-electron chi connectivity index (χ1n) is 5.46. The lowest BCUT2D eigenvalue weighted by molar-refractivity contribution is -0.136. The predicted molar refractivity (Wildman–Crippen MR) is 70.1 cm³/mol. The molecule has 0 aliphatic carbocycles. The van der Waals surface area contributed by atoms with Crippen molar-refractivity contribution in [2.24, 2.45) is 0 Å². The number of rotatable bonds is 2. The number of hydrogen-bond donors (Lipinski definition) is 1.